The number of hydrogen-bond donors (Lipinski definition) is 1. The molecule has 0 amide bonds. The van der Waals surface area contributed by atoms with Crippen molar-refractivity contribution in [1.29, 1.82) is 0 Å². The molecule has 0 bridgehead atoms. The summed E-state index contributed by atoms with van der Waals surface area (Å²) in [4.78, 5) is 4.60. The highest BCUT2D eigenvalue weighted by Gasteiger charge is 2.05. The summed E-state index contributed by atoms with van der Waals surface area (Å²) in [6.07, 6.45) is 0.828. The Balaban J connectivity index is 1.70. The quantitative estimate of drug-likeness (QED) is 0.765. The molecule has 3 rings (SSSR count). The van der Waals surface area contributed by atoms with Gasteiger partial charge in [0.2, 0.25) is 0 Å². The van der Waals surface area contributed by atoms with Gasteiger partial charge in [0.1, 0.15) is 11.6 Å². The van der Waals surface area contributed by atoms with Crippen LogP contribution in [0.15, 0.2) is 60.7 Å². The summed E-state index contributed by atoms with van der Waals surface area (Å²) in [5.74, 6) is 0.666. The molecule has 1 aromatic heterocycles. The number of halogens is 1. The molecule has 3 aromatic rings. The lowest BCUT2D eigenvalue weighted by Gasteiger charge is -2.15. The Morgan fingerprint density at radius 1 is 1.00 bits per heavy atom. The molecule has 2 nitrogen and oxygen atoms in total. The van der Waals surface area contributed by atoms with Crippen molar-refractivity contribution in [2.24, 2.45) is 0 Å². The number of rotatable bonds is 4. The van der Waals surface area contributed by atoms with Crippen molar-refractivity contribution < 1.29 is 4.39 Å². The maximum atomic E-state index is 12.9. The van der Waals surface area contributed by atoms with Crippen LogP contribution in [0.3, 0.4) is 0 Å². The molecule has 1 unspecified atom stereocenters. The first-order chi connectivity index (χ1) is 10.2. The lowest BCUT2D eigenvalue weighted by Crippen LogP contribution is -2.18. The Labute approximate surface area is 123 Å². The van der Waals surface area contributed by atoms with E-state index in [0.717, 1.165) is 28.7 Å². The summed E-state index contributed by atoms with van der Waals surface area (Å²) in [6.45, 7) is 2.10. The highest BCUT2D eigenvalue weighted by Crippen LogP contribution is 2.16. The van der Waals surface area contributed by atoms with Crippen LogP contribution in [0.1, 0.15) is 12.5 Å². The fraction of sp³-hybridized carbons (Fsp3) is 0.167. The predicted molar refractivity (Wildman–Crippen MR) is 84.9 cm³/mol. The topological polar surface area (TPSA) is 24.9 Å². The van der Waals surface area contributed by atoms with Gasteiger partial charge in [0.25, 0.3) is 0 Å². The maximum Gasteiger partial charge on any atom is 0.126 e. The number of nitrogens with zero attached hydrogens (tertiary/aromatic N) is 1. The third-order valence-corrected chi connectivity index (χ3v) is 3.45. The number of anilines is 1. The second-order valence-corrected chi connectivity index (χ2v) is 5.27. The van der Waals surface area contributed by atoms with Crippen LogP contribution in [0.4, 0.5) is 10.2 Å². The van der Waals surface area contributed by atoms with E-state index in [1.54, 1.807) is 0 Å². The second-order valence-electron chi connectivity index (χ2n) is 5.27. The van der Waals surface area contributed by atoms with Crippen molar-refractivity contribution in [2.45, 2.75) is 19.4 Å². The van der Waals surface area contributed by atoms with Crippen molar-refractivity contribution >= 4 is 16.7 Å². The summed E-state index contributed by atoms with van der Waals surface area (Å²) in [6, 6.07) is 19.0. The van der Waals surface area contributed by atoms with Crippen LogP contribution in [0.5, 0.6) is 0 Å². The van der Waals surface area contributed by atoms with E-state index in [1.807, 2.05) is 42.5 Å². The van der Waals surface area contributed by atoms with E-state index in [9.17, 15) is 4.39 Å². The van der Waals surface area contributed by atoms with Crippen molar-refractivity contribution in [3.05, 3.63) is 72.0 Å². The van der Waals surface area contributed by atoms with Crippen LogP contribution in [-0.4, -0.2) is 11.0 Å². The third kappa shape index (κ3) is 3.37. The lowest BCUT2D eigenvalue weighted by atomic mass is 10.1. The first-order valence-corrected chi connectivity index (χ1v) is 7.07. The molecule has 1 N–H and O–H groups in total. The molecular weight excluding hydrogens is 263 g/mol. The van der Waals surface area contributed by atoms with Gasteiger partial charge in [-0.05, 0) is 49.2 Å². The Morgan fingerprint density at radius 3 is 2.57 bits per heavy atom. The third-order valence-electron chi connectivity index (χ3n) is 3.45. The van der Waals surface area contributed by atoms with Crippen LogP contribution < -0.4 is 5.32 Å². The van der Waals surface area contributed by atoms with E-state index in [-0.39, 0.29) is 11.9 Å². The van der Waals surface area contributed by atoms with Crippen LogP contribution in [0.2, 0.25) is 0 Å². The number of hydrogen-bond acceptors (Lipinski definition) is 2. The minimum Gasteiger partial charge on any atom is -0.367 e. The van der Waals surface area contributed by atoms with E-state index in [2.05, 4.69) is 23.3 Å². The van der Waals surface area contributed by atoms with Gasteiger partial charge < -0.3 is 5.32 Å². The van der Waals surface area contributed by atoms with Crippen molar-refractivity contribution in [3.63, 3.8) is 0 Å². The van der Waals surface area contributed by atoms with Gasteiger partial charge in [-0.25, -0.2) is 9.37 Å². The number of nitrogens with one attached hydrogen (secondary N) is 1. The molecule has 3 heteroatoms. The van der Waals surface area contributed by atoms with E-state index >= 15 is 0 Å². The van der Waals surface area contributed by atoms with E-state index < -0.39 is 0 Å². The van der Waals surface area contributed by atoms with Crippen LogP contribution in [-0.2, 0) is 6.42 Å². The van der Waals surface area contributed by atoms with Gasteiger partial charge in [0.15, 0.2) is 0 Å². The van der Waals surface area contributed by atoms with Gasteiger partial charge in [-0.3, -0.25) is 0 Å². The summed E-state index contributed by atoms with van der Waals surface area (Å²) < 4.78 is 12.9. The predicted octanol–water partition coefficient (Wildman–Crippen LogP) is 4.42. The molecule has 0 saturated carbocycles. The van der Waals surface area contributed by atoms with Crippen LogP contribution in [0, 0.1) is 5.82 Å². The number of pyridine rings is 1. The van der Waals surface area contributed by atoms with Crippen LogP contribution >= 0.6 is 0 Å². The van der Waals surface area contributed by atoms with E-state index in [1.165, 1.54) is 12.1 Å². The van der Waals surface area contributed by atoms with E-state index in [0.29, 0.717) is 0 Å². The molecule has 0 fully saturated rings. The molecule has 0 aliphatic carbocycles. The zero-order valence-electron chi connectivity index (χ0n) is 11.9. The Kier molecular flexibility index (Phi) is 3.82. The highest BCUT2D eigenvalue weighted by molar-refractivity contribution is 5.80. The number of aromatic nitrogens is 1. The molecule has 0 radical (unpaired) electrons. The Hall–Kier alpha value is -2.42. The van der Waals surface area contributed by atoms with Crippen molar-refractivity contribution in [2.75, 3.05) is 5.32 Å². The first-order valence-electron chi connectivity index (χ1n) is 7.07. The van der Waals surface area contributed by atoms with Gasteiger partial charge in [-0.15, -0.1) is 0 Å². The summed E-state index contributed by atoms with van der Waals surface area (Å²) in [7, 11) is 0. The SMILES string of the molecule is CC(Cc1ccc(F)cc1)Nc1ccc2ccccc2n1. The summed E-state index contributed by atoms with van der Waals surface area (Å²) >= 11 is 0. The number of para-hydroxylation sites is 1. The monoisotopic (exact) mass is 280 g/mol. The largest absolute Gasteiger partial charge is 0.367 e. The highest BCUT2D eigenvalue weighted by atomic mass is 19.1. The molecule has 2 aromatic carbocycles. The zero-order valence-corrected chi connectivity index (χ0v) is 11.9. The van der Waals surface area contributed by atoms with Crippen LogP contribution in [0.25, 0.3) is 10.9 Å². The Bertz CT molecular complexity index is 738. The smallest absolute Gasteiger partial charge is 0.126 e. The molecule has 0 aliphatic heterocycles. The average molecular weight is 280 g/mol. The number of fused-ring (bicyclic) bond motifs is 1. The number of benzene rings is 2. The standard InChI is InChI=1S/C18H17FN2/c1-13(12-14-6-9-16(19)10-7-14)20-18-11-8-15-4-2-3-5-17(15)21-18/h2-11,13H,12H2,1H3,(H,20,21). The molecule has 0 aliphatic rings. The van der Waals surface area contributed by atoms with Gasteiger partial charge >= 0.3 is 0 Å². The fourth-order valence-corrected chi connectivity index (χ4v) is 2.42. The first kappa shape index (κ1) is 13.6. The van der Waals surface area contributed by atoms with Gasteiger partial charge in [0, 0.05) is 11.4 Å². The molecule has 1 heterocycles. The molecule has 21 heavy (non-hydrogen) atoms. The maximum absolute atomic E-state index is 12.9. The Morgan fingerprint density at radius 2 is 1.76 bits per heavy atom. The molecule has 0 saturated heterocycles. The van der Waals surface area contributed by atoms with Gasteiger partial charge in [0.05, 0.1) is 5.52 Å². The fourth-order valence-electron chi connectivity index (χ4n) is 2.42. The molecule has 1 atom stereocenters. The van der Waals surface area contributed by atoms with Gasteiger partial charge in [-0.1, -0.05) is 30.3 Å². The van der Waals surface area contributed by atoms with Crippen molar-refractivity contribution in [3.8, 4) is 0 Å². The summed E-state index contributed by atoms with van der Waals surface area (Å²) in [5.41, 5.74) is 2.09. The second kappa shape index (κ2) is 5.92. The molecular formula is C18H17FN2. The summed E-state index contributed by atoms with van der Waals surface area (Å²) in [5, 5.41) is 4.53. The minimum absolute atomic E-state index is 0.199. The van der Waals surface area contributed by atoms with Crippen molar-refractivity contribution in [1.82, 2.24) is 4.98 Å². The normalized spacial score (nSPS) is 12.3. The minimum atomic E-state index is -0.199. The zero-order chi connectivity index (χ0) is 14.7. The van der Waals surface area contributed by atoms with E-state index in [4.69, 9.17) is 0 Å². The lowest BCUT2D eigenvalue weighted by molar-refractivity contribution is 0.626. The molecule has 106 valence electrons. The van der Waals surface area contributed by atoms with Gasteiger partial charge in [-0.2, -0.15) is 0 Å². The molecule has 0 spiro atoms. The average Bonchev–Trinajstić information content (AvgIpc) is 2.49.